The summed E-state index contributed by atoms with van der Waals surface area (Å²) in [5.74, 6) is -0.225. The van der Waals surface area contributed by atoms with Crippen LogP contribution in [0.3, 0.4) is 0 Å². The number of nitrogens with one attached hydrogen (secondary N) is 1. The highest BCUT2D eigenvalue weighted by atomic mass is 16.5. The lowest BCUT2D eigenvalue weighted by atomic mass is 9.94. The van der Waals surface area contributed by atoms with Crippen molar-refractivity contribution in [2.24, 2.45) is 0 Å². The van der Waals surface area contributed by atoms with Crippen LogP contribution in [-0.2, 0) is 9.59 Å². The van der Waals surface area contributed by atoms with Gasteiger partial charge in [-0.3, -0.25) is 19.3 Å². The van der Waals surface area contributed by atoms with Gasteiger partial charge in [0.15, 0.2) is 0 Å². The predicted octanol–water partition coefficient (Wildman–Crippen LogP) is 3.04. The van der Waals surface area contributed by atoms with Crippen molar-refractivity contribution in [1.82, 2.24) is 10.2 Å². The number of hydrogen-bond donors (Lipinski definition) is 1. The first-order valence-corrected chi connectivity index (χ1v) is 10.2. The van der Waals surface area contributed by atoms with E-state index in [4.69, 9.17) is 4.74 Å². The molecule has 3 amide bonds. The third-order valence-corrected chi connectivity index (χ3v) is 6.00. The molecule has 0 aromatic heterocycles. The molecule has 0 bridgehead atoms. The Labute approximate surface area is 181 Å². The summed E-state index contributed by atoms with van der Waals surface area (Å²) < 4.78 is 5.43. The van der Waals surface area contributed by atoms with Gasteiger partial charge in [-0.05, 0) is 25.1 Å². The Hall–Kier alpha value is -3.61. The number of para-hydroxylation sites is 2. The van der Waals surface area contributed by atoms with Gasteiger partial charge in [-0.2, -0.15) is 0 Å². The summed E-state index contributed by atoms with van der Waals surface area (Å²) in [6, 6.07) is 13.9. The van der Waals surface area contributed by atoms with E-state index in [1.165, 1.54) is 9.80 Å². The van der Waals surface area contributed by atoms with Crippen LogP contribution in [-0.4, -0.2) is 41.9 Å². The van der Waals surface area contributed by atoms with Crippen LogP contribution >= 0.6 is 0 Å². The van der Waals surface area contributed by atoms with Crippen molar-refractivity contribution in [3.8, 4) is 5.75 Å². The van der Waals surface area contributed by atoms with Gasteiger partial charge in [0.1, 0.15) is 5.75 Å². The zero-order valence-electron chi connectivity index (χ0n) is 17.6. The van der Waals surface area contributed by atoms with E-state index in [1.807, 2.05) is 31.2 Å². The second-order valence-electron chi connectivity index (χ2n) is 7.70. The molecule has 7 heteroatoms. The summed E-state index contributed by atoms with van der Waals surface area (Å²) in [6.07, 6.45) is 1.96. The number of anilines is 1. The summed E-state index contributed by atoms with van der Waals surface area (Å²) >= 11 is 0. The molecule has 0 aliphatic carbocycles. The highest BCUT2D eigenvalue weighted by molar-refractivity contribution is 6.16. The molecule has 2 aliphatic rings. The summed E-state index contributed by atoms with van der Waals surface area (Å²) in [4.78, 5) is 43.1. The fourth-order valence-corrected chi connectivity index (χ4v) is 4.58. The number of carbonyl (C=O) groups is 3. The fraction of sp³-hybridized carbons (Fsp3) is 0.292. The maximum Gasteiger partial charge on any atom is 0.267 e. The van der Waals surface area contributed by atoms with E-state index in [0.717, 1.165) is 5.56 Å². The van der Waals surface area contributed by atoms with Gasteiger partial charge in [0, 0.05) is 24.9 Å². The first-order chi connectivity index (χ1) is 15.0. The molecule has 2 aromatic rings. The summed E-state index contributed by atoms with van der Waals surface area (Å²) in [5.41, 5.74) is 0.243. The SMILES string of the molecule is C=CCN1C(=O)c2ccccc2N2C(=O)CC[C@@]12C(=O)N[C@@H](C)c1ccccc1OC. The standard InChI is InChI=1S/C24H25N3O4/c1-4-15-26-22(29)18-10-5-7-11-19(18)27-21(28)13-14-24(26,27)23(30)25-16(2)17-9-6-8-12-20(17)31-3/h4-12,16H,1,13-15H2,2-3H3,(H,25,30)/t16-,24+/m0/s1. The van der Waals surface area contributed by atoms with Crippen LogP contribution in [0.2, 0.25) is 0 Å². The molecule has 1 fully saturated rings. The number of amides is 3. The molecule has 0 spiro atoms. The van der Waals surface area contributed by atoms with Gasteiger partial charge in [0.2, 0.25) is 11.6 Å². The molecule has 0 unspecified atom stereocenters. The molecule has 0 radical (unpaired) electrons. The van der Waals surface area contributed by atoms with E-state index < -0.39 is 17.6 Å². The van der Waals surface area contributed by atoms with Crippen molar-refractivity contribution in [3.63, 3.8) is 0 Å². The molecular weight excluding hydrogens is 394 g/mol. The quantitative estimate of drug-likeness (QED) is 0.730. The van der Waals surface area contributed by atoms with Crippen molar-refractivity contribution < 1.29 is 19.1 Å². The third kappa shape index (κ3) is 3.08. The summed E-state index contributed by atoms with van der Waals surface area (Å²) in [5, 5.41) is 3.02. The lowest BCUT2D eigenvalue weighted by molar-refractivity contribution is -0.134. The van der Waals surface area contributed by atoms with Gasteiger partial charge in [0.05, 0.1) is 24.4 Å². The number of methoxy groups -OCH3 is 1. The van der Waals surface area contributed by atoms with Crippen LogP contribution < -0.4 is 15.0 Å². The van der Waals surface area contributed by atoms with E-state index in [1.54, 1.807) is 37.5 Å². The normalized spacial score (nSPS) is 20.7. The zero-order chi connectivity index (χ0) is 22.2. The van der Waals surface area contributed by atoms with Gasteiger partial charge in [0.25, 0.3) is 11.8 Å². The molecule has 2 heterocycles. The third-order valence-electron chi connectivity index (χ3n) is 6.00. The molecule has 1 saturated heterocycles. The van der Waals surface area contributed by atoms with Crippen molar-refractivity contribution in [3.05, 3.63) is 72.3 Å². The Kier molecular flexibility index (Phi) is 5.27. The highest BCUT2D eigenvalue weighted by Crippen LogP contribution is 2.44. The molecule has 1 N–H and O–H groups in total. The Balaban J connectivity index is 1.78. The van der Waals surface area contributed by atoms with Crippen LogP contribution in [0.15, 0.2) is 61.2 Å². The predicted molar refractivity (Wildman–Crippen MR) is 117 cm³/mol. The topological polar surface area (TPSA) is 79.0 Å². The first-order valence-electron chi connectivity index (χ1n) is 10.2. The zero-order valence-corrected chi connectivity index (χ0v) is 17.6. The minimum absolute atomic E-state index is 0.146. The smallest absolute Gasteiger partial charge is 0.267 e. The highest BCUT2D eigenvalue weighted by Gasteiger charge is 2.60. The molecule has 31 heavy (non-hydrogen) atoms. The van der Waals surface area contributed by atoms with E-state index in [-0.39, 0.29) is 31.2 Å². The Morgan fingerprint density at radius 2 is 1.94 bits per heavy atom. The van der Waals surface area contributed by atoms with E-state index in [9.17, 15) is 14.4 Å². The second kappa shape index (κ2) is 7.91. The molecule has 2 atom stereocenters. The Bertz CT molecular complexity index is 1070. The van der Waals surface area contributed by atoms with Crippen LogP contribution in [0.1, 0.15) is 41.7 Å². The van der Waals surface area contributed by atoms with Gasteiger partial charge in [-0.1, -0.05) is 36.4 Å². The molecule has 4 rings (SSSR count). The molecular formula is C24H25N3O4. The molecule has 160 valence electrons. The van der Waals surface area contributed by atoms with Crippen LogP contribution in [0, 0.1) is 0 Å². The molecule has 2 aliphatic heterocycles. The fourth-order valence-electron chi connectivity index (χ4n) is 4.58. The van der Waals surface area contributed by atoms with Crippen LogP contribution in [0.5, 0.6) is 5.75 Å². The van der Waals surface area contributed by atoms with Crippen molar-refractivity contribution in [2.45, 2.75) is 31.5 Å². The van der Waals surface area contributed by atoms with Gasteiger partial charge < -0.3 is 15.0 Å². The maximum absolute atomic E-state index is 13.8. The molecule has 0 saturated carbocycles. The van der Waals surface area contributed by atoms with Gasteiger partial charge in [-0.15, -0.1) is 6.58 Å². The first kappa shape index (κ1) is 20.7. The van der Waals surface area contributed by atoms with Crippen LogP contribution in [0.25, 0.3) is 0 Å². The average molecular weight is 419 g/mol. The minimum atomic E-state index is -1.44. The number of nitrogens with zero attached hydrogens (tertiary/aromatic N) is 2. The lowest BCUT2D eigenvalue weighted by Crippen LogP contribution is -2.70. The minimum Gasteiger partial charge on any atom is -0.496 e. The monoisotopic (exact) mass is 419 g/mol. The Morgan fingerprint density at radius 3 is 2.68 bits per heavy atom. The molecule has 2 aromatic carbocycles. The van der Waals surface area contributed by atoms with Gasteiger partial charge in [-0.25, -0.2) is 0 Å². The van der Waals surface area contributed by atoms with Crippen molar-refractivity contribution in [2.75, 3.05) is 18.6 Å². The van der Waals surface area contributed by atoms with E-state index in [0.29, 0.717) is 17.0 Å². The summed E-state index contributed by atoms with van der Waals surface area (Å²) in [7, 11) is 1.58. The van der Waals surface area contributed by atoms with Gasteiger partial charge >= 0.3 is 0 Å². The lowest BCUT2D eigenvalue weighted by Gasteiger charge is -2.49. The molecule has 7 nitrogen and oxygen atoms in total. The second-order valence-corrected chi connectivity index (χ2v) is 7.70. The van der Waals surface area contributed by atoms with Crippen molar-refractivity contribution >= 4 is 23.4 Å². The number of benzene rings is 2. The maximum atomic E-state index is 13.8. The van der Waals surface area contributed by atoms with Crippen molar-refractivity contribution in [1.29, 1.82) is 0 Å². The Morgan fingerprint density at radius 1 is 1.23 bits per heavy atom. The number of ether oxygens (including phenoxy) is 1. The summed E-state index contributed by atoms with van der Waals surface area (Å²) in [6.45, 7) is 5.75. The van der Waals surface area contributed by atoms with E-state index in [2.05, 4.69) is 11.9 Å². The largest absolute Gasteiger partial charge is 0.496 e. The number of carbonyl (C=O) groups excluding carboxylic acids is 3. The average Bonchev–Trinajstić information content (AvgIpc) is 3.14. The van der Waals surface area contributed by atoms with Crippen LogP contribution in [0.4, 0.5) is 5.69 Å². The van der Waals surface area contributed by atoms with E-state index >= 15 is 0 Å². The number of fused-ring (bicyclic) bond motifs is 3. The number of hydrogen-bond acceptors (Lipinski definition) is 4. The number of rotatable bonds is 6.